The Labute approximate surface area is 165 Å². The Balaban J connectivity index is 1.88. The molecule has 3 rings (SSSR count). The van der Waals surface area contributed by atoms with E-state index in [-0.39, 0.29) is 17.6 Å². The van der Waals surface area contributed by atoms with Crippen molar-refractivity contribution in [2.45, 2.75) is 13.8 Å². The number of nitrogens with zero attached hydrogens (tertiary/aromatic N) is 1. The topological polar surface area (TPSA) is 80.3 Å². The number of aromatic nitrogens is 1. The number of rotatable bonds is 5. The van der Waals surface area contributed by atoms with Gasteiger partial charge in [0.25, 0.3) is 5.91 Å². The van der Waals surface area contributed by atoms with Crippen LogP contribution in [0.15, 0.2) is 42.5 Å². The zero-order valence-electron chi connectivity index (χ0n) is 15.5. The van der Waals surface area contributed by atoms with Crippen LogP contribution in [0.25, 0.3) is 10.6 Å². The number of halogens is 1. The van der Waals surface area contributed by atoms with Gasteiger partial charge in [-0.3, -0.25) is 9.59 Å². The van der Waals surface area contributed by atoms with Crippen LogP contribution in [0.2, 0.25) is 0 Å². The molecule has 0 aliphatic rings. The Morgan fingerprint density at radius 2 is 1.93 bits per heavy atom. The highest BCUT2D eigenvalue weighted by molar-refractivity contribution is 7.17. The number of benzene rings is 2. The first kappa shape index (κ1) is 19.5. The van der Waals surface area contributed by atoms with Gasteiger partial charge in [0, 0.05) is 18.2 Å². The fraction of sp³-hybridized carbons (Fsp3) is 0.150. The van der Waals surface area contributed by atoms with Crippen molar-refractivity contribution >= 4 is 34.5 Å². The minimum Gasteiger partial charge on any atom is -0.495 e. The molecule has 0 aliphatic heterocycles. The van der Waals surface area contributed by atoms with Crippen LogP contribution in [-0.4, -0.2) is 23.9 Å². The number of aryl methyl sites for hydroxylation is 1. The van der Waals surface area contributed by atoms with Gasteiger partial charge in [0.2, 0.25) is 5.91 Å². The molecule has 3 aromatic rings. The fourth-order valence-corrected chi connectivity index (χ4v) is 3.58. The smallest absolute Gasteiger partial charge is 0.267 e. The monoisotopic (exact) mass is 399 g/mol. The van der Waals surface area contributed by atoms with Crippen molar-refractivity contribution in [3.63, 3.8) is 0 Å². The van der Waals surface area contributed by atoms with Gasteiger partial charge in [-0.1, -0.05) is 12.1 Å². The van der Waals surface area contributed by atoms with Gasteiger partial charge in [0.1, 0.15) is 21.5 Å². The molecule has 0 bridgehead atoms. The summed E-state index contributed by atoms with van der Waals surface area (Å²) in [4.78, 5) is 28.9. The van der Waals surface area contributed by atoms with Crippen molar-refractivity contribution in [2.24, 2.45) is 0 Å². The molecule has 2 N–H and O–H groups in total. The Hall–Kier alpha value is -3.26. The van der Waals surface area contributed by atoms with Crippen molar-refractivity contribution in [2.75, 3.05) is 17.7 Å². The van der Waals surface area contributed by atoms with Crippen LogP contribution in [0.5, 0.6) is 5.75 Å². The molecule has 28 heavy (non-hydrogen) atoms. The Bertz CT molecular complexity index is 1050. The maximum Gasteiger partial charge on any atom is 0.267 e. The number of amides is 2. The fourth-order valence-electron chi connectivity index (χ4n) is 2.62. The number of carbonyl (C=O) groups excluding carboxylic acids is 2. The van der Waals surface area contributed by atoms with Gasteiger partial charge in [0.15, 0.2) is 0 Å². The van der Waals surface area contributed by atoms with E-state index in [1.807, 2.05) is 0 Å². The highest BCUT2D eigenvalue weighted by Gasteiger charge is 2.18. The first-order valence-corrected chi connectivity index (χ1v) is 9.19. The van der Waals surface area contributed by atoms with Crippen molar-refractivity contribution in [3.05, 3.63) is 58.9 Å². The summed E-state index contributed by atoms with van der Waals surface area (Å²) in [6.07, 6.45) is 0. The van der Waals surface area contributed by atoms with Gasteiger partial charge >= 0.3 is 0 Å². The van der Waals surface area contributed by atoms with Crippen LogP contribution in [0.1, 0.15) is 22.3 Å². The van der Waals surface area contributed by atoms with Gasteiger partial charge in [-0.25, -0.2) is 9.37 Å². The van der Waals surface area contributed by atoms with E-state index in [0.717, 1.165) is 0 Å². The summed E-state index contributed by atoms with van der Waals surface area (Å²) < 4.78 is 18.8. The summed E-state index contributed by atoms with van der Waals surface area (Å²) in [5.41, 5.74) is 2.10. The van der Waals surface area contributed by atoms with Crippen molar-refractivity contribution < 1.29 is 18.7 Å². The summed E-state index contributed by atoms with van der Waals surface area (Å²) in [6, 6.07) is 11.0. The molecule has 0 aliphatic carbocycles. The molecule has 1 aromatic heterocycles. The second-order valence-electron chi connectivity index (χ2n) is 5.99. The van der Waals surface area contributed by atoms with Crippen LogP contribution in [0, 0.1) is 12.7 Å². The normalized spacial score (nSPS) is 10.4. The molecule has 0 saturated heterocycles. The van der Waals surface area contributed by atoms with Gasteiger partial charge in [-0.15, -0.1) is 11.3 Å². The lowest BCUT2D eigenvalue weighted by Crippen LogP contribution is -2.13. The van der Waals surface area contributed by atoms with E-state index < -0.39 is 0 Å². The van der Waals surface area contributed by atoms with Gasteiger partial charge in [-0.05, 0) is 37.3 Å². The van der Waals surface area contributed by atoms with Crippen LogP contribution < -0.4 is 15.4 Å². The Morgan fingerprint density at radius 3 is 2.61 bits per heavy atom. The molecule has 0 saturated carbocycles. The first-order chi connectivity index (χ1) is 13.4. The molecular formula is C20H18FN3O3S. The predicted molar refractivity (Wildman–Crippen MR) is 107 cm³/mol. The third-order valence-electron chi connectivity index (χ3n) is 3.84. The molecular weight excluding hydrogens is 381 g/mol. The third kappa shape index (κ3) is 4.34. The SMILES string of the molecule is COc1ccc(NC(C)=O)cc1NC(=O)c1sc(-c2cccc(F)c2)nc1C. The van der Waals surface area contributed by atoms with Gasteiger partial charge in [-0.2, -0.15) is 0 Å². The van der Waals surface area contributed by atoms with Crippen molar-refractivity contribution in [1.29, 1.82) is 0 Å². The molecule has 144 valence electrons. The Morgan fingerprint density at radius 1 is 1.14 bits per heavy atom. The average Bonchev–Trinajstić information content (AvgIpc) is 3.03. The summed E-state index contributed by atoms with van der Waals surface area (Å²) in [5, 5.41) is 6.01. The average molecular weight is 399 g/mol. The lowest BCUT2D eigenvalue weighted by molar-refractivity contribution is -0.114. The number of hydrogen-bond acceptors (Lipinski definition) is 5. The number of ether oxygens (including phenoxy) is 1. The molecule has 2 aromatic carbocycles. The minimum absolute atomic E-state index is 0.222. The second-order valence-corrected chi connectivity index (χ2v) is 6.99. The van der Waals surface area contributed by atoms with Gasteiger partial charge in [0.05, 0.1) is 18.5 Å². The molecule has 0 unspecified atom stereocenters. The molecule has 0 atom stereocenters. The zero-order valence-corrected chi connectivity index (χ0v) is 16.3. The minimum atomic E-state index is -0.365. The largest absolute Gasteiger partial charge is 0.495 e. The summed E-state index contributed by atoms with van der Waals surface area (Å²) >= 11 is 1.18. The maximum absolute atomic E-state index is 13.5. The third-order valence-corrected chi connectivity index (χ3v) is 5.05. The molecule has 8 heteroatoms. The molecule has 1 heterocycles. The lowest BCUT2D eigenvalue weighted by Gasteiger charge is -2.12. The highest BCUT2D eigenvalue weighted by atomic mass is 32.1. The van der Waals surface area contributed by atoms with Crippen LogP contribution >= 0.6 is 11.3 Å². The molecule has 0 spiro atoms. The molecule has 0 fully saturated rings. The number of carbonyl (C=O) groups is 2. The summed E-state index contributed by atoms with van der Waals surface area (Å²) in [7, 11) is 1.49. The number of anilines is 2. The van der Waals surface area contributed by atoms with E-state index in [9.17, 15) is 14.0 Å². The number of hydrogen-bond donors (Lipinski definition) is 2. The molecule has 6 nitrogen and oxygen atoms in total. The summed E-state index contributed by atoms with van der Waals surface area (Å²) in [5.74, 6) is -0.498. The van der Waals surface area contributed by atoms with Crippen molar-refractivity contribution in [3.8, 4) is 16.3 Å². The second kappa shape index (κ2) is 8.18. The van der Waals surface area contributed by atoms with E-state index in [4.69, 9.17) is 4.74 Å². The molecule has 2 amide bonds. The summed E-state index contributed by atoms with van der Waals surface area (Å²) in [6.45, 7) is 3.12. The highest BCUT2D eigenvalue weighted by Crippen LogP contribution is 2.31. The van der Waals surface area contributed by atoms with E-state index in [2.05, 4.69) is 15.6 Å². The Kier molecular flexibility index (Phi) is 5.70. The van der Waals surface area contributed by atoms with Crippen LogP contribution in [-0.2, 0) is 4.79 Å². The van der Waals surface area contributed by atoms with E-state index in [1.54, 1.807) is 37.3 Å². The lowest BCUT2D eigenvalue weighted by atomic mass is 10.2. The van der Waals surface area contributed by atoms with Crippen LogP contribution in [0.3, 0.4) is 0 Å². The maximum atomic E-state index is 13.5. The first-order valence-electron chi connectivity index (χ1n) is 8.37. The standard InChI is InChI=1S/C20H18FN3O3S/c1-11-18(28-20(22-11)13-5-4-6-14(21)9-13)19(26)24-16-10-15(23-12(2)25)7-8-17(16)27-3/h4-10H,1-3H3,(H,23,25)(H,24,26). The molecule has 0 radical (unpaired) electrons. The number of thiazole rings is 1. The zero-order chi connectivity index (χ0) is 20.3. The number of methoxy groups -OCH3 is 1. The van der Waals surface area contributed by atoms with Crippen molar-refractivity contribution in [1.82, 2.24) is 4.98 Å². The number of nitrogens with one attached hydrogen (secondary N) is 2. The van der Waals surface area contributed by atoms with Gasteiger partial charge < -0.3 is 15.4 Å². The van der Waals surface area contributed by atoms with E-state index in [0.29, 0.717) is 38.3 Å². The quantitative estimate of drug-likeness (QED) is 0.663. The van der Waals surface area contributed by atoms with E-state index >= 15 is 0 Å². The van der Waals surface area contributed by atoms with Crippen LogP contribution in [0.4, 0.5) is 15.8 Å². The van der Waals surface area contributed by atoms with E-state index in [1.165, 1.54) is 37.5 Å². The predicted octanol–water partition coefficient (Wildman–Crippen LogP) is 4.48.